The number of halogens is 2. The van der Waals surface area contributed by atoms with Gasteiger partial charge in [0.15, 0.2) is 0 Å². The van der Waals surface area contributed by atoms with E-state index in [0.29, 0.717) is 18.3 Å². The van der Waals surface area contributed by atoms with Crippen LogP contribution in [0.5, 0.6) is 5.75 Å². The molecule has 3 aromatic carbocycles. The number of nitrogens with zero attached hydrogens (tertiary/aromatic N) is 5. The molecule has 0 radical (unpaired) electrons. The number of carbonyl (C=O) groups is 1. The van der Waals surface area contributed by atoms with E-state index in [2.05, 4.69) is 70.3 Å². The van der Waals surface area contributed by atoms with Gasteiger partial charge in [-0.05, 0) is 78.9 Å². The maximum absolute atomic E-state index is 14.9. The highest BCUT2D eigenvalue weighted by Gasteiger charge is 2.46. The second-order valence-corrected chi connectivity index (χ2v) is 14.6. The molecule has 278 valence electrons. The number of ether oxygens (including phenoxy) is 3. The summed E-state index contributed by atoms with van der Waals surface area (Å²) in [7, 11) is 0. The topological polar surface area (TPSA) is 106 Å². The van der Waals surface area contributed by atoms with Crippen molar-refractivity contribution < 1.29 is 27.8 Å². The first-order chi connectivity index (χ1) is 25.0. The Balaban J connectivity index is 0.957. The lowest BCUT2D eigenvalue weighted by Crippen LogP contribution is -2.46. The van der Waals surface area contributed by atoms with Gasteiger partial charge in [-0.1, -0.05) is 27.7 Å². The van der Waals surface area contributed by atoms with Gasteiger partial charge in [-0.25, -0.2) is 18.4 Å². The van der Waals surface area contributed by atoms with Crippen molar-refractivity contribution in [3.63, 3.8) is 0 Å². The molecule has 4 aromatic rings. The quantitative estimate of drug-likeness (QED) is 0.163. The third-order valence-electron chi connectivity index (χ3n) is 9.37. The number of amides is 1. The van der Waals surface area contributed by atoms with Crippen molar-refractivity contribution in [3.05, 3.63) is 96.6 Å². The second kappa shape index (κ2) is 16.4. The van der Waals surface area contributed by atoms with Crippen LogP contribution >= 0.6 is 0 Å². The molecule has 0 spiro atoms. The molecule has 0 bridgehead atoms. The van der Waals surface area contributed by atoms with E-state index in [0.717, 1.165) is 62.1 Å². The van der Waals surface area contributed by atoms with Crippen LogP contribution in [-0.4, -0.2) is 78.8 Å². The minimum Gasteiger partial charge on any atom is -0.491 e. The Morgan fingerprint density at radius 2 is 1.67 bits per heavy atom. The number of rotatable bonds is 14. The van der Waals surface area contributed by atoms with Crippen LogP contribution in [0, 0.1) is 17.0 Å². The van der Waals surface area contributed by atoms with Crippen molar-refractivity contribution in [1.82, 2.24) is 20.1 Å². The average Bonchev–Trinajstić information content (AvgIpc) is 3.80. The molecule has 6 rings (SSSR count). The van der Waals surface area contributed by atoms with Gasteiger partial charge in [-0.15, -0.1) is 0 Å². The SMILES string of the molecule is CC[C@@H](CC(C)(C)C)NCC(=O)Nc1ccc(N2CCN(c3ccc(OCC4COC(Cn5cncn5)(c5ccc(F)cc5F)O4)cc3)CC2)cc1. The summed E-state index contributed by atoms with van der Waals surface area (Å²) in [6, 6.07) is 19.6. The Hall–Kier alpha value is -4.59. The van der Waals surface area contributed by atoms with Gasteiger partial charge in [0.1, 0.15) is 49.3 Å². The summed E-state index contributed by atoms with van der Waals surface area (Å²) in [5, 5.41) is 10.5. The summed E-state index contributed by atoms with van der Waals surface area (Å²) in [5.74, 6) is -2.33. The Kier molecular flexibility index (Phi) is 11.7. The van der Waals surface area contributed by atoms with Crippen molar-refractivity contribution >= 4 is 23.0 Å². The predicted octanol–water partition coefficient (Wildman–Crippen LogP) is 5.97. The number of aromatic nitrogens is 3. The lowest BCUT2D eigenvalue weighted by molar-refractivity contribution is -0.192. The van der Waals surface area contributed by atoms with E-state index in [1.165, 1.54) is 29.5 Å². The van der Waals surface area contributed by atoms with Crippen molar-refractivity contribution in [2.45, 2.75) is 65.0 Å². The first-order valence-electron chi connectivity index (χ1n) is 17.9. The molecule has 3 heterocycles. The normalized spacial score (nSPS) is 19.8. The molecule has 1 amide bonds. The van der Waals surface area contributed by atoms with Crippen LogP contribution in [0.2, 0.25) is 0 Å². The fraction of sp³-hybridized carbons (Fsp3) is 0.462. The summed E-state index contributed by atoms with van der Waals surface area (Å²) in [4.78, 5) is 21.2. The Labute approximate surface area is 304 Å². The maximum atomic E-state index is 14.9. The van der Waals surface area contributed by atoms with E-state index < -0.39 is 23.5 Å². The van der Waals surface area contributed by atoms with Crippen molar-refractivity contribution in [2.75, 3.05) is 61.1 Å². The van der Waals surface area contributed by atoms with Crippen molar-refractivity contribution in [2.24, 2.45) is 5.41 Å². The monoisotopic (exact) mass is 717 g/mol. The summed E-state index contributed by atoms with van der Waals surface area (Å²) in [6.45, 7) is 12.9. The van der Waals surface area contributed by atoms with Crippen molar-refractivity contribution in [1.29, 1.82) is 0 Å². The largest absolute Gasteiger partial charge is 0.491 e. The van der Waals surface area contributed by atoms with Crippen LogP contribution < -0.4 is 25.2 Å². The van der Waals surface area contributed by atoms with Gasteiger partial charge in [0.2, 0.25) is 11.7 Å². The fourth-order valence-corrected chi connectivity index (χ4v) is 6.75. The summed E-state index contributed by atoms with van der Waals surface area (Å²) in [6.07, 6.45) is 4.36. The van der Waals surface area contributed by atoms with E-state index >= 15 is 0 Å². The zero-order valence-electron chi connectivity index (χ0n) is 30.4. The number of benzene rings is 3. The fourth-order valence-electron chi connectivity index (χ4n) is 6.75. The van der Waals surface area contributed by atoms with Crippen LogP contribution in [0.4, 0.5) is 25.8 Å². The molecule has 2 saturated heterocycles. The highest BCUT2D eigenvalue weighted by atomic mass is 19.1. The standard InChI is InChI=1S/C39H49F2N7O4/c1-5-29(21-38(2,3)4)43-22-37(49)45-30-7-9-31(10-8-30)46-16-18-47(19-17-46)32-11-13-33(14-12-32)50-23-34-24-51-39(52-34,25-48-27-42-26-44-48)35-15-6-28(40)20-36(35)41/h6-15,20,26-27,29,34,43H,5,16-19,21-25H2,1-4H3,(H,45,49)/t29-,34?,39?/m0/s1. The first kappa shape index (κ1) is 37.2. The van der Waals surface area contributed by atoms with Crippen LogP contribution in [-0.2, 0) is 26.6 Å². The van der Waals surface area contributed by atoms with Gasteiger partial charge in [0, 0.05) is 60.9 Å². The summed E-state index contributed by atoms with van der Waals surface area (Å²) < 4.78 is 48.4. The maximum Gasteiger partial charge on any atom is 0.238 e. The Morgan fingerprint density at radius 3 is 2.27 bits per heavy atom. The van der Waals surface area contributed by atoms with Gasteiger partial charge in [-0.3, -0.25) is 4.79 Å². The minimum atomic E-state index is -1.51. The molecule has 0 saturated carbocycles. The molecule has 1 aromatic heterocycles. The highest BCUT2D eigenvalue weighted by Crippen LogP contribution is 2.38. The Morgan fingerprint density at radius 1 is 1.00 bits per heavy atom. The molecule has 2 aliphatic rings. The van der Waals surface area contributed by atoms with E-state index in [-0.39, 0.29) is 36.6 Å². The molecule has 13 heteroatoms. The molecule has 2 fully saturated rings. The van der Waals surface area contributed by atoms with Gasteiger partial charge >= 0.3 is 0 Å². The Bertz CT molecular complexity index is 1740. The smallest absolute Gasteiger partial charge is 0.238 e. The molecule has 3 atom stereocenters. The number of carbonyl (C=O) groups excluding carboxylic acids is 1. The van der Waals surface area contributed by atoms with Crippen LogP contribution in [0.1, 0.15) is 46.1 Å². The molecule has 2 aliphatic heterocycles. The average molecular weight is 718 g/mol. The molecular formula is C39H49F2N7O4. The number of hydrogen-bond donors (Lipinski definition) is 2. The summed E-state index contributed by atoms with van der Waals surface area (Å²) >= 11 is 0. The lowest BCUT2D eigenvalue weighted by atomic mass is 9.87. The van der Waals surface area contributed by atoms with E-state index in [1.807, 2.05) is 36.4 Å². The first-order valence-corrected chi connectivity index (χ1v) is 17.9. The lowest BCUT2D eigenvalue weighted by Gasteiger charge is -2.37. The van der Waals surface area contributed by atoms with E-state index in [1.54, 1.807) is 0 Å². The number of piperazine rings is 1. The van der Waals surface area contributed by atoms with Gasteiger partial charge in [0.25, 0.3) is 0 Å². The van der Waals surface area contributed by atoms with Crippen molar-refractivity contribution in [3.8, 4) is 5.75 Å². The molecule has 0 aliphatic carbocycles. The van der Waals surface area contributed by atoms with E-state index in [4.69, 9.17) is 14.2 Å². The summed E-state index contributed by atoms with van der Waals surface area (Å²) in [5.41, 5.74) is 3.31. The van der Waals surface area contributed by atoms with Crippen LogP contribution in [0.3, 0.4) is 0 Å². The molecule has 52 heavy (non-hydrogen) atoms. The zero-order valence-corrected chi connectivity index (χ0v) is 30.4. The molecule has 2 N–H and O–H groups in total. The van der Waals surface area contributed by atoms with Gasteiger partial charge < -0.3 is 34.6 Å². The molecule has 11 nitrogen and oxygen atoms in total. The van der Waals surface area contributed by atoms with E-state index in [9.17, 15) is 13.6 Å². The third-order valence-corrected chi connectivity index (χ3v) is 9.37. The molecular weight excluding hydrogens is 668 g/mol. The predicted molar refractivity (Wildman–Crippen MR) is 196 cm³/mol. The van der Waals surface area contributed by atoms with Gasteiger partial charge in [0.05, 0.1) is 13.2 Å². The minimum absolute atomic E-state index is 0.0349. The number of anilines is 3. The third kappa shape index (κ3) is 9.64. The van der Waals surface area contributed by atoms with Crippen LogP contribution in [0.25, 0.3) is 0 Å². The molecule has 2 unspecified atom stereocenters. The van der Waals surface area contributed by atoms with Crippen LogP contribution in [0.15, 0.2) is 79.4 Å². The zero-order chi connectivity index (χ0) is 36.7. The number of nitrogens with one attached hydrogen (secondary N) is 2. The number of hydrogen-bond acceptors (Lipinski definition) is 9. The van der Waals surface area contributed by atoms with Gasteiger partial charge in [-0.2, -0.15) is 5.10 Å². The highest BCUT2D eigenvalue weighted by molar-refractivity contribution is 5.92. The second-order valence-electron chi connectivity index (χ2n) is 14.6.